The van der Waals surface area contributed by atoms with Crippen molar-refractivity contribution in [1.29, 1.82) is 0 Å². The van der Waals surface area contributed by atoms with Gasteiger partial charge in [0.1, 0.15) is 5.75 Å². The SMILES string of the molecule is CCc1ccc(O)c(C(=O)NCc2ccc(C(=O)N(C)C(C)C)cc2)c1. The van der Waals surface area contributed by atoms with Crippen molar-refractivity contribution in [3.63, 3.8) is 0 Å². The summed E-state index contributed by atoms with van der Waals surface area (Å²) in [7, 11) is 1.78. The second-order valence-corrected chi connectivity index (χ2v) is 6.59. The van der Waals surface area contributed by atoms with Crippen LogP contribution in [0.3, 0.4) is 0 Å². The van der Waals surface area contributed by atoms with E-state index in [2.05, 4.69) is 5.32 Å². The minimum absolute atomic E-state index is 0.0302. The van der Waals surface area contributed by atoms with Crippen LogP contribution >= 0.6 is 0 Å². The van der Waals surface area contributed by atoms with E-state index in [1.165, 1.54) is 0 Å². The highest BCUT2D eigenvalue weighted by Crippen LogP contribution is 2.19. The number of hydrogen-bond acceptors (Lipinski definition) is 3. The molecule has 0 aliphatic carbocycles. The second kappa shape index (κ2) is 8.52. The smallest absolute Gasteiger partial charge is 0.255 e. The van der Waals surface area contributed by atoms with Crippen molar-refractivity contribution in [3.05, 3.63) is 64.7 Å². The molecule has 2 aromatic rings. The summed E-state index contributed by atoms with van der Waals surface area (Å²) in [5.74, 6) is -0.383. The quantitative estimate of drug-likeness (QED) is 0.836. The van der Waals surface area contributed by atoms with Gasteiger partial charge in [-0.1, -0.05) is 25.1 Å². The predicted octanol–water partition coefficient (Wildman–Crippen LogP) is 3.37. The molecule has 2 N–H and O–H groups in total. The molecule has 0 fully saturated rings. The summed E-state index contributed by atoms with van der Waals surface area (Å²) in [6.07, 6.45) is 0.793. The first-order valence-electron chi connectivity index (χ1n) is 8.79. The van der Waals surface area contributed by atoms with Gasteiger partial charge in [0, 0.05) is 25.2 Å². The molecule has 0 aromatic heterocycles. The predicted molar refractivity (Wildman–Crippen MR) is 102 cm³/mol. The molecule has 0 bridgehead atoms. The Morgan fingerprint density at radius 2 is 1.69 bits per heavy atom. The summed E-state index contributed by atoms with van der Waals surface area (Å²) in [4.78, 5) is 26.3. The van der Waals surface area contributed by atoms with Gasteiger partial charge in [0.05, 0.1) is 5.56 Å². The zero-order valence-corrected chi connectivity index (χ0v) is 15.7. The van der Waals surface area contributed by atoms with Gasteiger partial charge in [-0.25, -0.2) is 0 Å². The van der Waals surface area contributed by atoms with Gasteiger partial charge in [-0.15, -0.1) is 0 Å². The Bertz CT molecular complexity index is 782. The summed E-state index contributed by atoms with van der Waals surface area (Å²) in [5.41, 5.74) is 2.76. The number of rotatable bonds is 6. The maximum Gasteiger partial charge on any atom is 0.255 e. The van der Waals surface area contributed by atoms with E-state index in [1.54, 1.807) is 42.3 Å². The highest BCUT2D eigenvalue weighted by atomic mass is 16.3. The summed E-state index contributed by atoms with van der Waals surface area (Å²) in [6, 6.07) is 12.3. The van der Waals surface area contributed by atoms with E-state index in [4.69, 9.17) is 0 Å². The van der Waals surface area contributed by atoms with Crippen molar-refractivity contribution in [2.24, 2.45) is 0 Å². The molecule has 0 heterocycles. The van der Waals surface area contributed by atoms with Gasteiger partial charge in [-0.3, -0.25) is 9.59 Å². The third-order valence-electron chi connectivity index (χ3n) is 4.46. The Balaban J connectivity index is 2.02. The normalized spacial score (nSPS) is 10.7. The maximum absolute atomic E-state index is 12.3. The highest BCUT2D eigenvalue weighted by Gasteiger charge is 2.14. The summed E-state index contributed by atoms with van der Waals surface area (Å²) < 4.78 is 0. The van der Waals surface area contributed by atoms with Crippen LogP contribution in [0.25, 0.3) is 0 Å². The minimum Gasteiger partial charge on any atom is -0.507 e. The highest BCUT2D eigenvalue weighted by molar-refractivity contribution is 5.97. The minimum atomic E-state index is -0.322. The fourth-order valence-electron chi connectivity index (χ4n) is 2.47. The molecule has 0 aliphatic heterocycles. The van der Waals surface area contributed by atoms with Crippen LogP contribution in [0.4, 0.5) is 0 Å². The van der Waals surface area contributed by atoms with Gasteiger partial charge in [0.15, 0.2) is 0 Å². The number of aromatic hydroxyl groups is 1. The lowest BCUT2D eigenvalue weighted by atomic mass is 10.1. The zero-order chi connectivity index (χ0) is 19.3. The third-order valence-corrected chi connectivity index (χ3v) is 4.46. The molecule has 0 unspecified atom stereocenters. The number of phenolic OH excluding ortho intramolecular Hbond substituents is 1. The zero-order valence-electron chi connectivity index (χ0n) is 15.7. The molecule has 2 aromatic carbocycles. The number of carbonyl (C=O) groups excluding carboxylic acids is 2. The lowest BCUT2D eigenvalue weighted by Gasteiger charge is -2.21. The monoisotopic (exact) mass is 354 g/mol. The lowest BCUT2D eigenvalue weighted by molar-refractivity contribution is 0.0754. The standard InChI is InChI=1S/C21H26N2O3/c1-5-15-8-11-19(24)18(12-15)20(25)22-13-16-6-9-17(10-7-16)21(26)23(4)14(2)3/h6-12,14,24H,5,13H2,1-4H3,(H,22,25). The van der Waals surface area contributed by atoms with Crippen LogP contribution in [0.15, 0.2) is 42.5 Å². The number of benzene rings is 2. The topological polar surface area (TPSA) is 69.6 Å². The van der Waals surface area contributed by atoms with Gasteiger partial charge in [0.25, 0.3) is 11.8 Å². The first-order chi connectivity index (χ1) is 12.3. The van der Waals surface area contributed by atoms with Crippen molar-refractivity contribution in [2.45, 2.75) is 39.8 Å². The van der Waals surface area contributed by atoms with Crippen LogP contribution in [0.1, 0.15) is 52.6 Å². The fraction of sp³-hybridized carbons (Fsp3) is 0.333. The number of aryl methyl sites for hydroxylation is 1. The molecule has 26 heavy (non-hydrogen) atoms. The van der Waals surface area contributed by atoms with Crippen LogP contribution in [-0.4, -0.2) is 34.9 Å². The van der Waals surface area contributed by atoms with Crippen molar-refractivity contribution < 1.29 is 14.7 Å². The number of nitrogens with one attached hydrogen (secondary N) is 1. The fourth-order valence-corrected chi connectivity index (χ4v) is 2.47. The molecule has 5 nitrogen and oxygen atoms in total. The van der Waals surface area contributed by atoms with E-state index in [0.29, 0.717) is 12.1 Å². The molecule has 0 aliphatic rings. The van der Waals surface area contributed by atoms with Gasteiger partial charge in [-0.2, -0.15) is 0 Å². The van der Waals surface area contributed by atoms with Crippen molar-refractivity contribution in [3.8, 4) is 5.75 Å². The molecular weight excluding hydrogens is 328 g/mol. The summed E-state index contributed by atoms with van der Waals surface area (Å²) in [5, 5.41) is 12.7. The van der Waals surface area contributed by atoms with E-state index in [-0.39, 0.29) is 29.2 Å². The lowest BCUT2D eigenvalue weighted by Crippen LogP contribution is -2.32. The Hall–Kier alpha value is -2.82. The van der Waals surface area contributed by atoms with Crippen LogP contribution in [0.5, 0.6) is 5.75 Å². The molecule has 0 saturated heterocycles. The van der Waals surface area contributed by atoms with E-state index < -0.39 is 0 Å². The van der Waals surface area contributed by atoms with E-state index >= 15 is 0 Å². The molecule has 0 spiro atoms. The van der Waals surface area contributed by atoms with Crippen LogP contribution in [-0.2, 0) is 13.0 Å². The molecule has 0 radical (unpaired) electrons. The van der Waals surface area contributed by atoms with Crippen molar-refractivity contribution in [2.75, 3.05) is 7.05 Å². The Morgan fingerprint density at radius 1 is 1.08 bits per heavy atom. The molecule has 5 heteroatoms. The largest absolute Gasteiger partial charge is 0.507 e. The third kappa shape index (κ3) is 4.63. The summed E-state index contributed by atoms with van der Waals surface area (Å²) >= 11 is 0. The molecule has 0 atom stereocenters. The van der Waals surface area contributed by atoms with Gasteiger partial charge >= 0.3 is 0 Å². The number of amides is 2. The molecule has 2 rings (SSSR count). The van der Waals surface area contributed by atoms with Gasteiger partial charge in [0.2, 0.25) is 0 Å². The average Bonchev–Trinajstić information content (AvgIpc) is 2.65. The number of nitrogens with zero attached hydrogens (tertiary/aromatic N) is 1. The maximum atomic E-state index is 12.3. The molecule has 2 amide bonds. The molecule has 0 saturated carbocycles. The Kier molecular flexibility index (Phi) is 6.39. The Labute approximate surface area is 154 Å². The molecule has 138 valence electrons. The summed E-state index contributed by atoms with van der Waals surface area (Å²) in [6.45, 7) is 6.24. The van der Waals surface area contributed by atoms with Crippen molar-refractivity contribution in [1.82, 2.24) is 10.2 Å². The van der Waals surface area contributed by atoms with Crippen LogP contribution < -0.4 is 5.32 Å². The Morgan fingerprint density at radius 3 is 2.27 bits per heavy atom. The van der Waals surface area contributed by atoms with E-state index in [9.17, 15) is 14.7 Å². The van der Waals surface area contributed by atoms with E-state index in [1.807, 2.05) is 32.9 Å². The van der Waals surface area contributed by atoms with Gasteiger partial charge in [-0.05, 0) is 55.7 Å². The van der Waals surface area contributed by atoms with Gasteiger partial charge < -0.3 is 15.3 Å². The second-order valence-electron chi connectivity index (χ2n) is 6.59. The van der Waals surface area contributed by atoms with Crippen molar-refractivity contribution >= 4 is 11.8 Å². The number of hydrogen-bond donors (Lipinski definition) is 2. The first-order valence-corrected chi connectivity index (χ1v) is 8.79. The van der Waals surface area contributed by atoms with E-state index in [0.717, 1.165) is 17.5 Å². The molecular formula is C21H26N2O3. The van der Waals surface area contributed by atoms with Crippen LogP contribution in [0.2, 0.25) is 0 Å². The average molecular weight is 354 g/mol. The first kappa shape index (κ1) is 19.5. The van der Waals surface area contributed by atoms with Crippen LogP contribution in [0, 0.1) is 0 Å². The number of phenols is 1. The number of carbonyl (C=O) groups is 2.